The van der Waals surface area contributed by atoms with E-state index in [0.717, 1.165) is 13.1 Å². The first-order chi connectivity index (χ1) is 10.0. The second kappa shape index (κ2) is 6.67. The molecule has 0 saturated carbocycles. The van der Waals surface area contributed by atoms with Crippen LogP contribution in [0.1, 0.15) is 22.8 Å². The van der Waals surface area contributed by atoms with Crippen molar-refractivity contribution in [2.75, 3.05) is 20.2 Å². The van der Waals surface area contributed by atoms with E-state index in [0.29, 0.717) is 16.3 Å². The van der Waals surface area contributed by atoms with Gasteiger partial charge in [0.15, 0.2) is 0 Å². The number of hydrogen-bond donors (Lipinski definition) is 2. The molecule has 124 valence electrons. The number of sulfonamides is 1. The summed E-state index contributed by atoms with van der Waals surface area (Å²) in [5.74, 6) is -4.90. The summed E-state index contributed by atoms with van der Waals surface area (Å²) in [6, 6.07) is 3.54. The van der Waals surface area contributed by atoms with Crippen LogP contribution in [0.2, 0.25) is 0 Å². The number of rotatable bonds is 7. The molecule has 1 aromatic rings. The zero-order valence-corrected chi connectivity index (χ0v) is 12.9. The number of aromatic carboxylic acids is 1. The van der Waals surface area contributed by atoms with E-state index >= 15 is 0 Å². The molecule has 0 aromatic heterocycles. The number of carboxylic acids is 1. The highest BCUT2D eigenvalue weighted by Crippen LogP contribution is 2.24. The summed E-state index contributed by atoms with van der Waals surface area (Å²) in [4.78, 5) is 10.6. The fourth-order valence-corrected chi connectivity index (χ4v) is 3.36. The summed E-state index contributed by atoms with van der Waals surface area (Å²) in [6.07, 6.45) is 0.290. The van der Waals surface area contributed by atoms with Gasteiger partial charge in [-0.3, -0.25) is 0 Å². The molecule has 0 aliphatic rings. The van der Waals surface area contributed by atoms with E-state index < -0.39 is 35.1 Å². The molecule has 0 aliphatic heterocycles. The Kier molecular flexibility index (Phi) is 5.60. The molecule has 22 heavy (non-hydrogen) atoms. The van der Waals surface area contributed by atoms with Gasteiger partial charge < -0.3 is 10.2 Å². The predicted octanol–water partition coefficient (Wildman–Crippen LogP) is 1.20. The van der Waals surface area contributed by atoms with Crippen molar-refractivity contribution in [1.29, 1.82) is 0 Å². The van der Waals surface area contributed by atoms with Gasteiger partial charge in [-0.1, -0.05) is 13.0 Å². The smallest absolute Gasteiger partial charge is 0.335 e. The molecule has 0 unspecified atom stereocenters. The highest BCUT2D eigenvalue weighted by atomic mass is 32.2. The van der Waals surface area contributed by atoms with Gasteiger partial charge in [0.2, 0.25) is 10.0 Å². The third-order valence-electron chi connectivity index (χ3n) is 3.07. The van der Waals surface area contributed by atoms with Gasteiger partial charge >= 0.3 is 5.97 Å². The van der Waals surface area contributed by atoms with Crippen LogP contribution >= 0.6 is 0 Å². The molecular weight excluding hydrogens is 320 g/mol. The third kappa shape index (κ3) is 3.99. The molecular formula is C13H17F2NO5S. The standard InChI is InChI=1S/C13H17F2NO5S/c1-3-9-4-5-10(12(18)19)6-11(9)22(20,21)16(2)7-13(14,15)8-17/h4-6,17H,3,7-8H2,1-2H3,(H,18,19). The number of aliphatic hydroxyl groups excluding tert-OH is 1. The van der Waals surface area contributed by atoms with Crippen LogP contribution in [0.15, 0.2) is 23.1 Å². The van der Waals surface area contributed by atoms with Crippen LogP contribution in [0, 0.1) is 0 Å². The van der Waals surface area contributed by atoms with Crippen LogP contribution in [0.4, 0.5) is 8.78 Å². The normalized spacial score (nSPS) is 12.6. The number of halogens is 2. The molecule has 0 bridgehead atoms. The number of alkyl halides is 2. The molecule has 0 heterocycles. The Labute approximate surface area is 127 Å². The number of aryl methyl sites for hydroxylation is 1. The summed E-state index contributed by atoms with van der Waals surface area (Å²) < 4.78 is 51.6. The quantitative estimate of drug-likeness (QED) is 0.779. The minimum atomic E-state index is -4.30. The first-order valence-corrected chi connectivity index (χ1v) is 7.80. The second-order valence-corrected chi connectivity index (χ2v) is 6.77. The molecule has 2 N–H and O–H groups in total. The SMILES string of the molecule is CCc1ccc(C(=O)O)cc1S(=O)(=O)N(C)CC(F)(F)CO. The Hall–Kier alpha value is -1.58. The van der Waals surface area contributed by atoms with Crippen LogP contribution in [-0.2, 0) is 16.4 Å². The molecule has 1 aromatic carbocycles. The molecule has 6 nitrogen and oxygen atoms in total. The largest absolute Gasteiger partial charge is 0.478 e. The average molecular weight is 337 g/mol. The maximum Gasteiger partial charge on any atom is 0.335 e. The van der Waals surface area contributed by atoms with Gasteiger partial charge in [0.1, 0.15) is 6.61 Å². The Morgan fingerprint density at radius 3 is 2.41 bits per heavy atom. The third-order valence-corrected chi connectivity index (χ3v) is 4.95. The number of aliphatic hydroxyl groups is 1. The fourth-order valence-electron chi connectivity index (χ4n) is 1.85. The van der Waals surface area contributed by atoms with Crippen molar-refractivity contribution < 1.29 is 32.2 Å². The van der Waals surface area contributed by atoms with Gasteiger partial charge in [-0.2, -0.15) is 4.31 Å². The summed E-state index contributed by atoms with van der Waals surface area (Å²) in [5, 5.41) is 17.5. The number of hydrogen-bond acceptors (Lipinski definition) is 4. The molecule has 0 amide bonds. The van der Waals surface area contributed by atoms with E-state index in [-0.39, 0.29) is 10.5 Å². The van der Waals surface area contributed by atoms with Crippen molar-refractivity contribution in [3.05, 3.63) is 29.3 Å². The molecule has 1 rings (SSSR count). The van der Waals surface area contributed by atoms with Crippen LogP contribution in [-0.4, -0.2) is 55.0 Å². The van der Waals surface area contributed by atoms with Gasteiger partial charge in [0.05, 0.1) is 17.0 Å². The van der Waals surface area contributed by atoms with Crippen LogP contribution in [0.5, 0.6) is 0 Å². The number of carbonyl (C=O) groups is 1. The summed E-state index contributed by atoms with van der Waals surface area (Å²) >= 11 is 0. The molecule has 9 heteroatoms. The number of carboxylic acid groups (broad SMARTS) is 1. The van der Waals surface area contributed by atoms with E-state index in [1.165, 1.54) is 12.1 Å². The van der Waals surface area contributed by atoms with E-state index in [1.54, 1.807) is 6.92 Å². The van der Waals surface area contributed by atoms with Gasteiger partial charge in [-0.15, -0.1) is 0 Å². The molecule has 0 aliphatic carbocycles. The van der Waals surface area contributed by atoms with Crippen molar-refractivity contribution in [3.63, 3.8) is 0 Å². The van der Waals surface area contributed by atoms with E-state index in [2.05, 4.69) is 0 Å². The molecule has 0 radical (unpaired) electrons. The predicted molar refractivity (Wildman–Crippen MR) is 74.6 cm³/mol. The van der Waals surface area contributed by atoms with Crippen LogP contribution in [0.3, 0.4) is 0 Å². The maximum absolute atomic E-state index is 13.2. The highest BCUT2D eigenvalue weighted by Gasteiger charge is 2.35. The van der Waals surface area contributed by atoms with Crippen molar-refractivity contribution in [2.45, 2.75) is 24.2 Å². The van der Waals surface area contributed by atoms with E-state index in [9.17, 15) is 22.0 Å². The minimum Gasteiger partial charge on any atom is -0.478 e. The molecule has 0 atom stereocenters. The lowest BCUT2D eigenvalue weighted by Gasteiger charge is -2.23. The zero-order valence-electron chi connectivity index (χ0n) is 12.1. The lowest BCUT2D eigenvalue weighted by Crippen LogP contribution is -2.40. The summed E-state index contributed by atoms with van der Waals surface area (Å²) in [6.45, 7) is -1.02. The van der Waals surface area contributed by atoms with Gasteiger partial charge in [0, 0.05) is 7.05 Å². The van der Waals surface area contributed by atoms with Crippen molar-refractivity contribution in [1.82, 2.24) is 4.31 Å². The van der Waals surface area contributed by atoms with Gasteiger partial charge in [-0.05, 0) is 24.1 Å². The second-order valence-electron chi connectivity index (χ2n) is 4.76. The Bertz CT molecular complexity index is 660. The Morgan fingerprint density at radius 1 is 1.36 bits per heavy atom. The monoisotopic (exact) mass is 337 g/mol. The lowest BCUT2D eigenvalue weighted by atomic mass is 10.1. The highest BCUT2D eigenvalue weighted by molar-refractivity contribution is 7.89. The summed E-state index contributed by atoms with van der Waals surface area (Å²) in [5.41, 5.74) is 0.0715. The van der Waals surface area contributed by atoms with E-state index in [4.69, 9.17) is 10.2 Å². The molecule has 0 spiro atoms. The van der Waals surface area contributed by atoms with Gasteiger partial charge in [-0.25, -0.2) is 22.0 Å². The first kappa shape index (κ1) is 18.5. The van der Waals surface area contributed by atoms with Crippen molar-refractivity contribution >= 4 is 16.0 Å². The van der Waals surface area contributed by atoms with Crippen LogP contribution < -0.4 is 0 Å². The fraction of sp³-hybridized carbons (Fsp3) is 0.462. The van der Waals surface area contributed by atoms with Crippen molar-refractivity contribution in [3.8, 4) is 0 Å². The molecule has 0 fully saturated rings. The summed E-state index contributed by atoms with van der Waals surface area (Å²) in [7, 11) is -3.35. The van der Waals surface area contributed by atoms with Gasteiger partial charge in [0.25, 0.3) is 5.92 Å². The number of benzene rings is 1. The lowest BCUT2D eigenvalue weighted by molar-refractivity contribution is -0.0578. The van der Waals surface area contributed by atoms with Crippen molar-refractivity contribution in [2.24, 2.45) is 0 Å². The number of nitrogens with zero attached hydrogens (tertiary/aromatic N) is 1. The Balaban J connectivity index is 3.32. The first-order valence-electron chi connectivity index (χ1n) is 6.36. The van der Waals surface area contributed by atoms with Crippen LogP contribution in [0.25, 0.3) is 0 Å². The minimum absolute atomic E-state index is 0.252. The topological polar surface area (TPSA) is 94.9 Å². The molecule has 0 saturated heterocycles. The maximum atomic E-state index is 13.2. The zero-order chi connectivity index (χ0) is 17.1. The average Bonchev–Trinajstić information content (AvgIpc) is 2.45. The Morgan fingerprint density at radius 2 is 1.95 bits per heavy atom. The van der Waals surface area contributed by atoms with E-state index in [1.807, 2.05) is 0 Å².